The highest BCUT2D eigenvalue weighted by Gasteiger charge is 2.18. The van der Waals surface area contributed by atoms with E-state index in [1.165, 1.54) is 13.2 Å². The summed E-state index contributed by atoms with van der Waals surface area (Å²) in [7, 11) is -2.00. The van der Waals surface area contributed by atoms with Crippen molar-refractivity contribution < 1.29 is 17.6 Å². The first-order valence-electron chi connectivity index (χ1n) is 5.40. The normalized spacial score (nSPS) is 11.9. The maximum Gasteiger partial charge on any atom is 0.250 e. The molecule has 19 heavy (non-hydrogen) atoms. The Balaban J connectivity index is 2.16. The second kappa shape index (κ2) is 5.78. The molecule has 0 amide bonds. The Bertz CT molecular complexity index is 647. The van der Waals surface area contributed by atoms with Crippen molar-refractivity contribution in [3.8, 4) is 11.5 Å². The Morgan fingerprint density at radius 3 is 2.89 bits per heavy atom. The molecule has 2 heterocycles. The molecule has 0 saturated heterocycles. The Hall–Kier alpha value is -1.29. The first kappa shape index (κ1) is 14.1. The molecule has 0 aliphatic carbocycles. The predicted octanol–water partition coefficient (Wildman–Crippen LogP) is 1.03. The Kier molecular flexibility index (Phi) is 4.30. The summed E-state index contributed by atoms with van der Waals surface area (Å²) in [6, 6.07) is 1.51. The highest BCUT2D eigenvalue weighted by molar-refractivity contribution is 7.91. The molecule has 2 aromatic rings. The monoisotopic (exact) mass is 303 g/mol. The average Bonchev–Trinajstić information content (AvgIpc) is 2.97. The molecular weight excluding hydrogens is 290 g/mol. The Morgan fingerprint density at radius 1 is 1.47 bits per heavy atom. The molecule has 1 N–H and O–H groups in total. The van der Waals surface area contributed by atoms with Crippen molar-refractivity contribution in [1.29, 1.82) is 0 Å². The molecule has 7 nitrogen and oxygen atoms in total. The second-order valence-electron chi connectivity index (χ2n) is 3.67. The van der Waals surface area contributed by atoms with E-state index in [1.807, 2.05) is 0 Å². The number of hydrogen-bond acceptors (Lipinski definition) is 7. The smallest absolute Gasteiger partial charge is 0.250 e. The van der Waals surface area contributed by atoms with Gasteiger partial charge in [0.1, 0.15) is 4.21 Å². The minimum absolute atomic E-state index is 0.203. The van der Waals surface area contributed by atoms with Crippen LogP contribution in [-0.4, -0.2) is 38.9 Å². The van der Waals surface area contributed by atoms with Crippen LogP contribution >= 0.6 is 11.3 Å². The molecule has 2 rings (SSSR count). The van der Waals surface area contributed by atoms with Gasteiger partial charge in [-0.15, -0.1) is 21.5 Å². The van der Waals surface area contributed by atoms with Crippen LogP contribution in [-0.2, 0) is 14.8 Å². The lowest BCUT2D eigenvalue weighted by atomic mass is 10.3. The van der Waals surface area contributed by atoms with Crippen LogP contribution in [0.15, 0.2) is 20.1 Å². The van der Waals surface area contributed by atoms with E-state index >= 15 is 0 Å². The number of ether oxygens (including phenoxy) is 1. The highest BCUT2D eigenvalue weighted by atomic mass is 32.2. The van der Waals surface area contributed by atoms with Gasteiger partial charge in [-0.2, -0.15) is 0 Å². The van der Waals surface area contributed by atoms with Crippen LogP contribution in [0, 0.1) is 6.92 Å². The van der Waals surface area contributed by atoms with Crippen LogP contribution in [0.4, 0.5) is 0 Å². The minimum Gasteiger partial charge on any atom is -0.421 e. The van der Waals surface area contributed by atoms with Gasteiger partial charge in [0.25, 0.3) is 0 Å². The number of nitrogens with one attached hydrogen (secondary N) is 1. The van der Waals surface area contributed by atoms with Gasteiger partial charge in [-0.05, 0) is 6.07 Å². The van der Waals surface area contributed by atoms with Crippen LogP contribution in [0.25, 0.3) is 11.5 Å². The quantitative estimate of drug-likeness (QED) is 0.801. The van der Waals surface area contributed by atoms with E-state index in [2.05, 4.69) is 14.9 Å². The molecular formula is C10H13N3O4S2. The van der Waals surface area contributed by atoms with Crippen LogP contribution in [0.2, 0.25) is 0 Å². The van der Waals surface area contributed by atoms with Crippen LogP contribution in [0.1, 0.15) is 5.89 Å². The van der Waals surface area contributed by atoms with Gasteiger partial charge in [-0.1, -0.05) is 0 Å². The van der Waals surface area contributed by atoms with Gasteiger partial charge >= 0.3 is 0 Å². The van der Waals surface area contributed by atoms with Crippen molar-refractivity contribution in [2.24, 2.45) is 0 Å². The van der Waals surface area contributed by atoms with Gasteiger partial charge in [-0.3, -0.25) is 0 Å². The van der Waals surface area contributed by atoms with E-state index < -0.39 is 10.0 Å². The second-order valence-corrected chi connectivity index (χ2v) is 6.58. The lowest BCUT2D eigenvalue weighted by Crippen LogP contribution is -2.26. The SMILES string of the molecule is COCCNS(=O)(=O)c1cc(-c2nnc(C)o2)cs1. The molecule has 0 fully saturated rings. The van der Waals surface area contributed by atoms with Gasteiger partial charge in [0.15, 0.2) is 0 Å². The van der Waals surface area contributed by atoms with Gasteiger partial charge in [0.2, 0.25) is 21.8 Å². The first-order chi connectivity index (χ1) is 9.03. The maximum atomic E-state index is 11.9. The van der Waals surface area contributed by atoms with Crippen molar-refractivity contribution >= 4 is 21.4 Å². The summed E-state index contributed by atoms with van der Waals surface area (Å²) in [4.78, 5) is 0. The fourth-order valence-electron chi connectivity index (χ4n) is 1.33. The van der Waals surface area contributed by atoms with E-state index in [-0.39, 0.29) is 10.8 Å². The fraction of sp³-hybridized carbons (Fsp3) is 0.400. The molecule has 0 aliphatic rings. The van der Waals surface area contributed by atoms with Crippen molar-refractivity contribution in [2.75, 3.05) is 20.3 Å². The Labute approximate surface area is 114 Å². The third-order valence-corrected chi connectivity index (χ3v) is 5.11. The van der Waals surface area contributed by atoms with Crippen LogP contribution < -0.4 is 4.72 Å². The zero-order chi connectivity index (χ0) is 13.9. The molecule has 9 heteroatoms. The Morgan fingerprint density at radius 2 is 2.26 bits per heavy atom. The summed E-state index contributed by atoms with van der Waals surface area (Å²) < 4.78 is 36.5. The van der Waals surface area contributed by atoms with Gasteiger partial charge in [0, 0.05) is 26.0 Å². The highest BCUT2D eigenvalue weighted by Crippen LogP contribution is 2.27. The maximum absolute atomic E-state index is 11.9. The summed E-state index contributed by atoms with van der Waals surface area (Å²) in [6.45, 7) is 2.22. The summed E-state index contributed by atoms with van der Waals surface area (Å²) >= 11 is 1.10. The predicted molar refractivity (Wildman–Crippen MR) is 69.4 cm³/mol. The summed E-state index contributed by atoms with van der Waals surface area (Å²) in [5.41, 5.74) is 0.595. The van der Waals surface area contributed by atoms with Gasteiger partial charge < -0.3 is 9.15 Å². The number of thiophene rings is 1. The van der Waals surface area contributed by atoms with Crippen LogP contribution in [0.3, 0.4) is 0 Å². The third kappa shape index (κ3) is 3.38. The lowest BCUT2D eigenvalue weighted by Gasteiger charge is -2.02. The topological polar surface area (TPSA) is 94.3 Å². The number of methoxy groups -OCH3 is 1. The molecule has 0 spiro atoms. The van der Waals surface area contributed by atoms with Crippen molar-refractivity contribution in [1.82, 2.24) is 14.9 Å². The molecule has 0 unspecified atom stereocenters. The van der Waals surface area contributed by atoms with Crippen molar-refractivity contribution in [2.45, 2.75) is 11.1 Å². The van der Waals surface area contributed by atoms with E-state index in [1.54, 1.807) is 12.3 Å². The summed E-state index contributed by atoms with van der Waals surface area (Å²) in [6.07, 6.45) is 0. The van der Waals surface area contributed by atoms with E-state index in [9.17, 15) is 8.42 Å². The molecule has 0 radical (unpaired) electrons. The number of aryl methyl sites for hydroxylation is 1. The molecule has 0 aromatic carbocycles. The average molecular weight is 303 g/mol. The van der Waals surface area contributed by atoms with Gasteiger partial charge in [-0.25, -0.2) is 13.1 Å². The summed E-state index contributed by atoms with van der Waals surface area (Å²) in [5, 5.41) is 9.21. The lowest BCUT2D eigenvalue weighted by molar-refractivity contribution is 0.204. The first-order valence-corrected chi connectivity index (χ1v) is 7.77. The van der Waals surface area contributed by atoms with E-state index in [0.29, 0.717) is 24.0 Å². The largest absolute Gasteiger partial charge is 0.421 e. The van der Waals surface area contributed by atoms with Crippen molar-refractivity contribution in [3.63, 3.8) is 0 Å². The zero-order valence-electron chi connectivity index (χ0n) is 10.4. The number of aromatic nitrogens is 2. The van der Waals surface area contributed by atoms with Crippen molar-refractivity contribution in [3.05, 3.63) is 17.3 Å². The standard InChI is InChI=1S/C10H13N3O4S2/c1-7-12-13-10(17-7)8-5-9(18-6-8)19(14,15)11-3-4-16-2/h5-6,11H,3-4H2,1-2H3. The zero-order valence-corrected chi connectivity index (χ0v) is 12.0. The van der Waals surface area contributed by atoms with Crippen LogP contribution in [0.5, 0.6) is 0 Å². The molecule has 104 valence electrons. The van der Waals surface area contributed by atoms with E-state index in [0.717, 1.165) is 11.3 Å². The van der Waals surface area contributed by atoms with Gasteiger partial charge in [0.05, 0.1) is 12.2 Å². The minimum atomic E-state index is -3.51. The molecule has 0 saturated carbocycles. The number of hydrogen-bond donors (Lipinski definition) is 1. The molecule has 0 atom stereocenters. The molecule has 2 aromatic heterocycles. The number of sulfonamides is 1. The number of nitrogens with zero attached hydrogens (tertiary/aromatic N) is 2. The van der Waals surface area contributed by atoms with E-state index in [4.69, 9.17) is 9.15 Å². The summed E-state index contributed by atoms with van der Waals surface area (Å²) in [5.74, 6) is 0.746. The third-order valence-electron chi connectivity index (χ3n) is 2.21. The number of rotatable bonds is 6. The molecule has 0 bridgehead atoms. The fourth-order valence-corrected chi connectivity index (χ4v) is 3.54. The molecule has 0 aliphatic heterocycles.